The molecule has 1 unspecified atom stereocenters. The summed E-state index contributed by atoms with van der Waals surface area (Å²) in [5.74, 6) is -0.779. The van der Waals surface area contributed by atoms with E-state index >= 15 is 0 Å². The van der Waals surface area contributed by atoms with Gasteiger partial charge < -0.3 is 10.0 Å². The van der Waals surface area contributed by atoms with Gasteiger partial charge in [0.1, 0.15) is 5.82 Å². The van der Waals surface area contributed by atoms with Gasteiger partial charge in [-0.15, -0.1) is 0 Å². The van der Waals surface area contributed by atoms with E-state index in [-0.39, 0.29) is 11.3 Å². The molecule has 1 atom stereocenters. The normalized spacial score (nSPS) is 24.1. The van der Waals surface area contributed by atoms with Crippen LogP contribution in [0.1, 0.15) is 37.0 Å². The molecule has 0 aromatic heterocycles. The highest BCUT2D eigenvalue weighted by Crippen LogP contribution is 2.29. The lowest BCUT2D eigenvalue weighted by atomic mass is 9.94. The molecule has 1 saturated heterocycles. The zero-order chi connectivity index (χ0) is 13.3. The first-order valence-electron chi connectivity index (χ1n) is 6.17. The summed E-state index contributed by atoms with van der Waals surface area (Å²) in [5, 5.41) is 10.1. The smallest absolute Gasteiger partial charge is 0.164 e. The fourth-order valence-electron chi connectivity index (χ4n) is 2.55. The average Bonchev–Trinajstić information content (AvgIpc) is 2.26. The van der Waals surface area contributed by atoms with Crippen LogP contribution in [0.25, 0.3) is 0 Å². The lowest BCUT2D eigenvalue weighted by Crippen LogP contribution is -2.46. The van der Waals surface area contributed by atoms with Gasteiger partial charge in [0, 0.05) is 13.1 Å². The second-order valence-corrected chi connectivity index (χ2v) is 5.21. The van der Waals surface area contributed by atoms with Crippen molar-refractivity contribution < 1.29 is 14.3 Å². The molecule has 0 spiro atoms. The van der Waals surface area contributed by atoms with Crippen LogP contribution in [-0.4, -0.2) is 29.6 Å². The van der Waals surface area contributed by atoms with Gasteiger partial charge in [-0.3, -0.25) is 4.79 Å². The van der Waals surface area contributed by atoms with Crippen molar-refractivity contribution in [1.29, 1.82) is 0 Å². The van der Waals surface area contributed by atoms with Crippen LogP contribution in [0, 0.1) is 5.82 Å². The van der Waals surface area contributed by atoms with E-state index in [0.717, 1.165) is 19.4 Å². The van der Waals surface area contributed by atoms with Crippen LogP contribution in [0.15, 0.2) is 18.2 Å². The Hall–Kier alpha value is -1.42. The predicted molar refractivity (Wildman–Crippen MR) is 68.5 cm³/mol. The van der Waals surface area contributed by atoms with E-state index < -0.39 is 11.4 Å². The molecule has 1 N–H and O–H groups in total. The molecule has 0 radical (unpaired) electrons. The van der Waals surface area contributed by atoms with E-state index in [2.05, 4.69) is 0 Å². The van der Waals surface area contributed by atoms with Crippen molar-refractivity contribution in [2.45, 2.75) is 32.3 Å². The molecule has 0 saturated carbocycles. The Balaban J connectivity index is 2.39. The van der Waals surface area contributed by atoms with Crippen LogP contribution in [0.3, 0.4) is 0 Å². The van der Waals surface area contributed by atoms with E-state index in [0.29, 0.717) is 12.2 Å². The van der Waals surface area contributed by atoms with E-state index in [4.69, 9.17) is 0 Å². The van der Waals surface area contributed by atoms with Crippen molar-refractivity contribution in [3.05, 3.63) is 29.6 Å². The standard InChI is InChI=1S/C14H18FNO2/c1-10(17)13-11(15)5-3-6-12(13)16-8-4-7-14(2,18)9-16/h3,5-6,18H,4,7-9H2,1-2H3. The van der Waals surface area contributed by atoms with Crippen LogP contribution in [0.5, 0.6) is 0 Å². The molecule has 1 heterocycles. The molecule has 1 aliphatic rings. The van der Waals surface area contributed by atoms with Gasteiger partial charge >= 0.3 is 0 Å². The minimum atomic E-state index is -0.779. The van der Waals surface area contributed by atoms with Gasteiger partial charge in [-0.25, -0.2) is 4.39 Å². The number of benzene rings is 1. The van der Waals surface area contributed by atoms with Crippen LogP contribution in [0.4, 0.5) is 10.1 Å². The third-order valence-electron chi connectivity index (χ3n) is 3.36. The van der Waals surface area contributed by atoms with Crippen LogP contribution in [0.2, 0.25) is 0 Å². The minimum Gasteiger partial charge on any atom is -0.388 e. The summed E-state index contributed by atoms with van der Waals surface area (Å²) in [7, 11) is 0. The summed E-state index contributed by atoms with van der Waals surface area (Å²) in [6.07, 6.45) is 1.56. The molecule has 1 aliphatic heterocycles. The zero-order valence-electron chi connectivity index (χ0n) is 10.7. The highest BCUT2D eigenvalue weighted by molar-refractivity contribution is 6.00. The van der Waals surface area contributed by atoms with E-state index in [1.807, 2.05) is 4.90 Å². The van der Waals surface area contributed by atoms with E-state index in [9.17, 15) is 14.3 Å². The van der Waals surface area contributed by atoms with Gasteiger partial charge in [-0.2, -0.15) is 0 Å². The molecule has 3 nitrogen and oxygen atoms in total. The average molecular weight is 251 g/mol. The largest absolute Gasteiger partial charge is 0.388 e. The number of halogens is 1. The molecule has 2 rings (SSSR count). The van der Waals surface area contributed by atoms with Crippen molar-refractivity contribution in [3.63, 3.8) is 0 Å². The number of carbonyl (C=O) groups is 1. The minimum absolute atomic E-state index is 0.121. The lowest BCUT2D eigenvalue weighted by Gasteiger charge is -2.38. The fourth-order valence-corrected chi connectivity index (χ4v) is 2.55. The number of nitrogens with zero attached hydrogens (tertiary/aromatic N) is 1. The molecular weight excluding hydrogens is 233 g/mol. The number of carbonyl (C=O) groups excluding carboxylic acids is 1. The second kappa shape index (κ2) is 4.69. The van der Waals surface area contributed by atoms with Crippen LogP contribution >= 0.6 is 0 Å². The SMILES string of the molecule is CC(=O)c1c(F)cccc1N1CCCC(C)(O)C1. The first-order valence-corrected chi connectivity index (χ1v) is 6.17. The van der Waals surface area contributed by atoms with E-state index in [1.165, 1.54) is 13.0 Å². The molecule has 0 amide bonds. The number of piperidine rings is 1. The maximum absolute atomic E-state index is 13.7. The number of Topliss-reactive ketones (excluding diaryl/α,β-unsaturated/α-hetero) is 1. The Morgan fingerprint density at radius 2 is 2.22 bits per heavy atom. The maximum Gasteiger partial charge on any atom is 0.164 e. The third kappa shape index (κ3) is 2.53. The second-order valence-electron chi connectivity index (χ2n) is 5.21. The highest BCUT2D eigenvalue weighted by atomic mass is 19.1. The number of rotatable bonds is 2. The number of ketones is 1. The predicted octanol–water partition coefficient (Wildman–Crippen LogP) is 2.38. The van der Waals surface area contributed by atoms with E-state index in [1.54, 1.807) is 19.1 Å². The van der Waals surface area contributed by atoms with Crippen molar-refractivity contribution in [2.24, 2.45) is 0 Å². The summed E-state index contributed by atoms with van der Waals surface area (Å²) in [6.45, 7) is 4.30. The summed E-state index contributed by atoms with van der Waals surface area (Å²) in [6, 6.07) is 4.63. The molecule has 98 valence electrons. The molecular formula is C14H18FNO2. The zero-order valence-corrected chi connectivity index (χ0v) is 10.7. The number of hydrogen-bond acceptors (Lipinski definition) is 3. The first-order chi connectivity index (χ1) is 8.41. The number of aliphatic hydroxyl groups is 1. The van der Waals surface area contributed by atoms with Gasteiger partial charge in [-0.05, 0) is 38.8 Å². The summed E-state index contributed by atoms with van der Waals surface area (Å²) < 4.78 is 13.7. The maximum atomic E-state index is 13.7. The van der Waals surface area contributed by atoms with Gasteiger partial charge in [0.25, 0.3) is 0 Å². The summed E-state index contributed by atoms with van der Waals surface area (Å²) in [5.41, 5.74) is -0.0730. The molecule has 1 aromatic carbocycles. The Labute approximate surface area is 106 Å². The molecule has 0 aliphatic carbocycles. The van der Waals surface area contributed by atoms with Crippen molar-refractivity contribution in [1.82, 2.24) is 0 Å². The number of hydrogen-bond donors (Lipinski definition) is 1. The first kappa shape index (κ1) is 13.0. The van der Waals surface area contributed by atoms with Gasteiger partial charge in [-0.1, -0.05) is 6.07 Å². The molecule has 18 heavy (non-hydrogen) atoms. The lowest BCUT2D eigenvalue weighted by molar-refractivity contribution is 0.0448. The van der Waals surface area contributed by atoms with Gasteiger partial charge in [0.15, 0.2) is 5.78 Å². The molecule has 1 aromatic rings. The Morgan fingerprint density at radius 1 is 1.50 bits per heavy atom. The van der Waals surface area contributed by atoms with Crippen molar-refractivity contribution in [3.8, 4) is 0 Å². The molecule has 4 heteroatoms. The quantitative estimate of drug-likeness (QED) is 0.820. The molecule has 1 fully saturated rings. The Kier molecular flexibility index (Phi) is 3.39. The Morgan fingerprint density at radius 3 is 2.83 bits per heavy atom. The number of β-amino-alcohol motifs (C(OH)–C–C–N with tert-alkyl or cyclic N) is 1. The third-order valence-corrected chi connectivity index (χ3v) is 3.36. The Bertz CT molecular complexity index is 471. The van der Waals surface area contributed by atoms with Crippen molar-refractivity contribution >= 4 is 11.5 Å². The fraction of sp³-hybridized carbons (Fsp3) is 0.500. The number of anilines is 1. The monoisotopic (exact) mass is 251 g/mol. The van der Waals surface area contributed by atoms with Gasteiger partial charge in [0.05, 0.1) is 16.9 Å². The topological polar surface area (TPSA) is 40.5 Å². The van der Waals surface area contributed by atoms with Crippen LogP contribution in [-0.2, 0) is 0 Å². The highest BCUT2D eigenvalue weighted by Gasteiger charge is 2.30. The van der Waals surface area contributed by atoms with Crippen molar-refractivity contribution in [2.75, 3.05) is 18.0 Å². The molecule has 0 bridgehead atoms. The summed E-state index contributed by atoms with van der Waals surface area (Å²) in [4.78, 5) is 13.5. The van der Waals surface area contributed by atoms with Crippen LogP contribution < -0.4 is 4.90 Å². The van der Waals surface area contributed by atoms with Gasteiger partial charge in [0.2, 0.25) is 0 Å². The summed E-state index contributed by atoms with van der Waals surface area (Å²) >= 11 is 0.